The first-order valence-corrected chi connectivity index (χ1v) is 5.45. The summed E-state index contributed by atoms with van der Waals surface area (Å²) in [5.74, 6) is 0.116. The molecule has 1 aromatic rings. The lowest BCUT2D eigenvalue weighted by atomic mass is 10.0. The van der Waals surface area contributed by atoms with Crippen LogP contribution < -0.4 is 5.73 Å². The largest absolute Gasteiger partial charge is 0.321 e. The Balaban J connectivity index is 2.64. The van der Waals surface area contributed by atoms with Gasteiger partial charge < -0.3 is 5.73 Å². The van der Waals surface area contributed by atoms with Gasteiger partial charge in [0.1, 0.15) is 5.78 Å². The number of rotatable bonds is 4. The van der Waals surface area contributed by atoms with Gasteiger partial charge in [0.2, 0.25) is 0 Å². The Bertz CT molecular complexity index is 325. The van der Waals surface area contributed by atoms with Crippen molar-refractivity contribution in [2.24, 2.45) is 5.73 Å². The minimum Gasteiger partial charge on any atom is -0.321 e. The molecule has 3 heteroatoms. The first kappa shape index (κ1) is 11.4. The van der Waals surface area contributed by atoms with Crippen LogP contribution in [0, 0.1) is 0 Å². The van der Waals surface area contributed by atoms with Gasteiger partial charge in [-0.25, -0.2) is 0 Å². The standard InChI is InChI=1S/C11H14BrNO/c1-2-11(14)10(13)7-8-4-3-5-9(12)6-8/h3-6,10H,2,7,13H2,1H3. The van der Waals surface area contributed by atoms with Crippen molar-refractivity contribution in [3.8, 4) is 0 Å². The monoisotopic (exact) mass is 255 g/mol. The number of hydrogen-bond acceptors (Lipinski definition) is 2. The normalized spacial score (nSPS) is 12.5. The molecule has 0 saturated carbocycles. The number of Topliss-reactive ketones (excluding diaryl/α,β-unsaturated/α-hetero) is 1. The second kappa shape index (κ2) is 5.27. The van der Waals surface area contributed by atoms with Gasteiger partial charge in [-0.05, 0) is 24.1 Å². The Morgan fingerprint density at radius 2 is 2.29 bits per heavy atom. The molecule has 0 spiro atoms. The third kappa shape index (κ3) is 3.24. The maximum Gasteiger partial charge on any atom is 0.149 e. The molecule has 0 aliphatic carbocycles. The highest BCUT2D eigenvalue weighted by molar-refractivity contribution is 9.10. The van der Waals surface area contributed by atoms with Crippen LogP contribution in [0.25, 0.3) is 0 Å². The summed E-state index contributed by atoms with van der Waals surface area (Å²) in [5, 5.41) is 0. The molecular weight excluding hydrogens is 242 g/mol. The zero-order valence-corrected chi connectivity index (χ0v) is 9.75. The molecule has 2 N–H and O–H groups in total. The van der Waals surface area contributed by atoms with Crippen LogP contribution in [0.2, 0.25) is 0 Å². The van der Waals surface area contributed by atoms with Gasteiger partial charge in [0.25, 0.3) is 0 Å². The Labute approximate surface area is 92.6 Å². The number of hydrogen-bond donors (Lipinski definition) is 1. The van der Waals surface area contributed by atoms with E-state index in [0.29, 0.717) is 12.8 Å². The average molecular weight is 256 g/mol. The van der Waals surface area contributed by atoms with Crippen LogP contribution in [-0.4, -0.2) is 11.8 Å². The summed E-state index contributed by atoms with van der Waals surface area (Å²) in [4.78, 5) is 11.3. The van der Waals surface area contributed by atoms with Crippen molar-refractivity contribution in [1.82, 2.24) is 0 Å². The first-order valence-electron chi connectivity index (χ1n) is 4.66. The highest BCUT2D eigenvalue weighted by atomic mass is 79.9. The predicted octanol–water partition coefficient (Wildman–Crippen LogP) is 2.30. The third-order valence-electron chi connectivity index (χ3n) is 2.11. The lowest BCUT2D eigenvalue weighted by molar-refractivity contribution is -0.119. The van der Waals surface area contributed by atoms with Crippen LogP contribution in [0.5, 0.6) is 0 Å². The highest BCUT2D eigenvalue weighted by Gasteiger charge is 2.11. The summed E-state index contributed by atoms with van der Waals surface area (Å²) in [6.07, 6.45) is 1.13. The fourth-order valence-electron chi connectivity index (χ4n) is 1.29. The molecule has 1 atom stereocenters. The zero-order valence-electron chi connectivity index (χ0n) is 8.16. The van der Waals surface area contributed by atoms with E-state index in [4.69, 9.17) is 5.73 Å². The molecule has 1 aromatic carbocycles. The highest BCUT2D eigenvalue weighted by Crippen LogP contribution is 2.13. The molecule has 0 bridgehead atoms. The summed E-state index contributed by atoms with van der Waals surface area (Å²) in [7, 11) is 0. The molecule has 1 unspecified atom stereocenters. The van der Waals surface area contributed by atoms with Crippen LogP contribution in [-0.2, 0) is 11.2 Å². The Hall–Kier alpha value is -0.670. The molecule has 0 aliphatic heterocycles. The van der Waals surface area contributed by atoms with E-state index in [1.807, 2.05) is 31.2 Å². The van der Waals surface area contributed by atoms with Crippen LogP contribution >= 0.6 is 15.9 Å². The maximum absolute atomic E-state index is 11.3. The minimum absolute atomic E-state index is 0.116. The molecule has 0 amide bonds. The Morgan fingerprint density at radius 3 is 2.86 bits per heavy atom. The van der Waals surface area contributed by atoms with E-state index in [1.165, 1.54) is 0 Å². The molecule has 14 heavy (non-hydrogen) atoms. The van der Waals surface area contributed by atoms with Gasteiger partial charge in [-0.1, -0.05) is 35.0 Å². The first-order chi connectivity index (χ1) is 6.63. The summed E-state index contributed by atoms with van der Waals surface area (Å²) in [6, 6.07) is 7.50. The Kier molecular flexibility index (Phi) is 4.29. The number of ketones is 1. The lowest BCUT2D eigenvalue weighted by Gasteiger charge is -2.09. The van der Waals surface area contributed by atoms with Crippen molar-refractivity contribution in [3.63, 3.8) is 0 Å². The molecule has 76 valence electrons. The van der Waals surface area contributed by atoms with E-state index in [2.05, 4.69) is 15.9 Å². The minimum atomic E-state index is -0.366. The smallest absolute Gasteiger partial charge is 0.149 e. The lowest BCUT2D eigenvalue weighted by Crippen LogP contribution is -2.32. The number of halogens is 1. The van der Waals surface area contributed by atoms with Crippen molar-refractivity contribution < 1.29 is 4.79 Å². The van der Waals surface area contributed by atoms with Crippen molar-refractivity contribution in [3.05, 3.63) is 34.3 Å². The summed E-state index contributed by atoms with van der Waals surface area (Å²) in [6.45, 7) is 1.84. The molecule has 0 aliphatic rings. The average Bonchev–Trinajstić information content (AvgIpc) is 2.16. The molecule has 0 radical (unpaired) electrons. The molecule has 0 saturated heterocycles. The van der Waals surface area contributed by atoms with Gasteiger partial charge in [0.15, 0.2) is 0 Å². The summed E-state index contributed by atoms with van der Waals surface area (Å²) >= 11 is 3.38. The van der Waals surface area contributed by atoms with Crippen molar-refractivity contribution >= 4 is 21.7 Å². The van der Waals surface area contributed by atoms with Crippen LogP contribution in [0.3, 0.4) is 0 Å². The van der Waals surface area contributed by atoms with Crippen molar-refractivity contribution in [1.29, 1.82) is 0 Å². The van der Waals surface area contributed by atoms with E-state index in [9.17, 15) is 4.79 Å². The van der Waals surface area contributed by atoms with Gasteiger partial charge in [0.05, 0.1) is 6.04 Å². The van der Waals surface area contributed by atoms with E-state index >= 15 is 0 Å². The number of carbonyl (C=O) groups excluding carboxylic acids is 1. The van der Waals surface area contributed by atoms with E-state index in [1.54, 1.807) is 0 Å². The van der Waals surface area contributed by atoms with Gasteiger partial charge in [-0.15, -0.1) is 0 Å². The summed E-state index contributed by atoms with van der Waals surface area (Å²) in [5.41, 5.74) is 6.84. The van der Waals surface area contributed by atoms with E-state index in [0.717, 1.165) is 10.0 Å². The number of nitrogens with two attached hydrogens (primary N) is 1. The van der Waals surface area contributed by atoms with Crippen molar-refractivity contribution in [2.45, 2.75) is 25.8 Å². The topological polar surface area (TPSA) is 43.1 Å². The molecule has 2 nitrogen and oxygen atoms in total. The second-order valence-corrected chi connectivity index (χ2v) is 4.18. The van der Waals surface area contributed by atoms with Gasteiger partial charge in [-0.3, -0.25) is 4.79 Å². The van der Waals surface area contributed by atoms with Crippen LogP contribution in [0.1, 0.15) is 18.9 Å². The third-order valence-corrected chi connectivity index (χ3v) is 2.60. The molecule has 0 fully saturated rings. The van der Waals surface area contributed by atoms with Gasteiger partial charge in [-0.2, -0.15) is 0 Å². The molecular formula is C11H14BrNO. The zero-order chi connectivity index (χ0) is 10.6. The van der Waals surface area contributed by atoms with Crippen molar-refractivity contribution in [2.75, 3.05) is 0 Å². The van der Waals surface area contributed by atoms with Gasteiger partial charge in [0, 0.05) is 10.9 Å². The van der Waals surface area contributed by atoms with Gasteiger partial charge >= 0.3 is 0 Å². The quantitative estimate of drug-likeness (QED) is 0.898. The van der Waals surface area contributed by atoms with Crippen LogP contribution in [0.4, 0.5) is 0 Å². The second-order valence-electron chi connectivity index (χ2n) is 3.26. The SMILES string of the molecule is CCC(=O)C(N)Cc1cccc(Br)c1. The predicted molar refractivity (Wildman–Crippen MR) is 61.1 cm³/mol. The fourth-order valence-corrected chi connectivity index (χ4v) is 1.74. The molecule has 0 heterocycles. The maximum atomic E-state index is 11.3. The van der Waals surface area contributed by atoms with E-state index in [-0.39, 0.29) is 11.8 Å². The number of carbonyl (C=O) groups is 1. The molecule has 0 aromatic heterocycles. The van der Waals surface area contributed by atoms with E-state index < -0.39 is 0 Å². The van der Waals surface area contributed by atoms with Crippen LogP contribution in [0.15, 0.2) is 28.7 Å². The number of benzene rings is 1. The fraction of sp³-hybridized carbons (Fsp3) is 0.364. The molecule has 1 rings (SSSR count). The summed E-state index contributed by atoms with van der Waals surface area (Å²) < 4.78 is 1.02. The Morgan fingerprint density at radius 1 is 1.57 bits per heavy atom.